The van der Waals surface area contributed by atoms with E-state index in [9.17, 15) is 0 Å². The number of ether oxygens (including phenoxy) is 2. The van der Waals surface area contributed by atoms with Gasteiger partial charge in [-0.1, -0.05) is 28.1 Å². The van der Waals surface area contributed by atoms with Gasteiger partial charge < -0.3 is 14.8 Å². The molecule has 1 aromatic carbocycles. The van der Waals surface area contributed by atoms with E-state index in [1.807, 2.05) is 6.92 Å². The van der Waals surface area contributed by atoms with Crippen LogP contribution in [-0.2, 0) is 9.47 Å². The van der Waals surface area contributed by atoms with Crippen molar-refractivity contribution in [3.63, 3.8) is 0 Å². The predicted molar refractivity (Wildman–Crippen MR) is 82.7 cm³/mol. The molecule has 1 aromatic rings. The lowest BCUT2D eigenvalue weighted by atomic mass is 9.96. The Bertz CT molecular complexity index is 329. The highest BCUT2D eigenvalue weighted by atomic mass is 79.9. The van der Waals surface area contributed by atoms with E-state index in [4.69, 9.17) is 9.47 Å². The molecular formula is C15H24BrNO2. The van der Waals surface area contributed by atoms with E-state index in [0.29, 0.717) is 5.92 Å². The lowest BCUT2D eigenvalue weighted by molar-refractivity contribution is 0.138. The SMILES string of the molecule is CCOCCC(CNCCOC)c1ccc(Br)cc1. The summed E-state index contributed by atoms with van der Waals surface area (Å²) in [7, 11) is 1.73. The van der Waals surface area contributed by atoms with Gasteiger partial charge in [-0.25, -0.2) is 0 Å². The molecule has 0 heterocycles. The highest BCUT2D eigenvalue weighted by Gasteiger charge is 2.11. The number of benzene rings is 1. The topological polar surface area (TPSA) is 30.5 Å². The van der Waals surface area contributed by atoms with Crippen LogP contribution < -0.4 is 5.32 Å². The first-order chi connectivity index (χ1) is 9.27. The Kier molecular flexibility index (Phi) is 9.08. The molecule has 4 heteroatoms. The van der Waals surface area contributed by atoms with Crippen LogP contribution in [0.25, 0.3) is 0 Å². The van der Waals surface area contributed by atoms with Crippen LogP contribution in [0.4, 0.5) is 0 Å². The van der Waals surface area contributed by atoms with E-state index in [-0.39, 0.29) is 0 Å². The first kappa shape index (κ1) is 16.6. The van der Waals surface area contributed by atoms with Crippen LogP contribution in [0.15, 0.2) is 28.7 Å². The average Bonchev–Trinajstić information content (AvgIpc) is 2.43. The largest absolute Gasteiger partial charge is 0.383 e. The monoisotopic (exact) mass is 329 g/mol. The van der Waals surface area contributed by atoms with Crippen molar-refractivity contribution in [1.29, 1.82) is 0 Å². The van der Waals surface area contributed by atoms with Crippen LogP contribution in [-0.4, -0.2) is 40.0 Å². The zero-order valence-corrected chi connectivity index (χ0v) is 13.4. The molecule has 1 rings (SSSR count). The van der Waals surface area contributed by atoms with E-state index < -0.39 is 0 Å². The molecule has 0 radical (unpaired) electrons. The average molecular weight is 330 g/mol. The van der Waals surface area contributed by atoms with Gasteiger partial charge in [0, 0.05) is 37.9 Å². The summed E-state index contributed by atoms with van der Waals surface area (Å²) in [6.07, 6.45) is 1.04. The minimum absolute atomic E-state index is 0.483. The van der Waals surface area contributed by atoms with Crippen molar-refractivity contribution < 1.29 is 9.47 Å². The molecule has 0 aliphatic carbocycles. The van der Waals surface area contributed by atoms with Crippen molar-refractivity contribution in [3.8, 4) is 0 Å². The third kappa shape index (κ3) is 7.06. The molecule has 0 saturated carbocycles. The van der Waals surface area contributed by atoms with Gasteiger partial charge in [-0.3, -0.25) is 0 Å². The normalized spacial score (nSPS) is 12.6. The summed E-state index contributed by atoms with van der Waals surface area (Å²) in [5, 5.41) is 3.43. The Balaban J connectivity index is 2.49. The molecule has 0 amide bonds. The van der Waals surface area contributed by atoms with Gasteiger partial charge in [-0.2, -0.15) is 0 Å². The Morgan fingerprint density at radius 2 is 1.95 bits per heavy atom. The molecule has 1 unspecified atom stereocenters. The number of nitrogens with one attached hydrogen (secondary N) is 1. The molecule has 0 bridgehead atoms. The molecule has 0 aromatic heterocycles. The summed E-state index contributed by atoms with van der Waals surface area (Å²) in [4.78, 5) is 0. The molecule has 1 N–H and O–H groups in total. The second-order valence-corrected chi connectivity index (χ2v) is 5.35. The van der Waals surface area contributed by atoms with Gasteiger partial charge in [0.15, 0.2) is 0 Å². The number of methoxy groups -OCH3 is 1. The van der Waals surface area contributed by atoms with Gasteiger partial charge in [-0.15, -0.1) is 0 Å². The van der Waals surface area contributed by atoms with Crippen LogP contribution in [0.5, 0.6) is 0 Å². The van der Waals surface area contributed by atoms with Gasteiger partial charge in [0.2, 0.25) is 0 Å². The van der Waals surface area contributed by atoms with Crippen LogP contribution in [0, 0.1) is 0 Å². The van der Waals surface area contributed by atoms with Gasteiger partial charge in [-0.05, 0) is 37.0 Å². The number of hydrogen-bond donors (Lipinski definition) is 1. The van der Waals surface area contributed by atoms with Gasteiger partial charge in [0.05, 0.1) is 6.61 Å². The van der Waals surface area contributed by atoms with Crippen molar-refractivity contribution in [3.05, 3.63) is 34.3 Å². The summed E-state index contributed by atoms with van der Waals surface area (Å²) in [5.41, 5.74) is 1.35. The molecule has 0 spiro atoms. The maximum atomic E-state index is 5.47. The third-order valence-electron chi connectivity index (χ3n) is 3.03. The van der Waals surface area contributed by atoms with Crippen molar-refractivity contribution in [1.82, 2.24) is 5.32 Å². The number of hydrogen-bond acceptors (Lipinski definition) is 3. The summed E-state index contributed by atoms with van der Waals surface area (Å²) in [6.45, 7) is 6.22. The molecule has 1 atom stereocenters. The molecule has 0 aliphatic rings. The maximum Gasteiger partial charge on any atom is 0.0587 e. The Morgan fingerprint density at radius 1 is 1.21 bits per heavy atom. The van der Waals surface area contributed by atoms with Crippen LogP contribution in [0.2, 0.25) is 0 Å². The first-order valence-corrected chi connectivity index (χ1v) is 7.60. The predicted octanol–water partition coefficient (Wildman–Crippen LogP) is 3.20. The van der Waals surface area contributed by atoms with E-state index in [2.05, 4.69) is 45.5 Å². The molecule has 0 fully saturated rings. The second-order valence-electron chi connectivity index (χ2n) is 4.43. The van der Waals surface area contributed by atoms with E-state index >= 15 is 0 Å². The molecule has 19 heavy (non-hydrogen) atoms. The highest BCUT2D eigenvalue weighted by molar-refractivity contribution is 9.10. The van der Waals surface area contributed by atoms with Gasteiger partial charge in [0.1, 0.15) is 0 Å². The molecular weight excluding hydrogens is 306 g/mol. The molecule has 0 saturated heterocycles. The quantitative estimate of drug-likeness (QED) is 0.669. The van der Waals surface area contributed by atoms with E-state index in [1.165, 1.54) is 5.56 Å². The highest BCUT2D eigenvalue weighted by Crippen LogP contribution is 2.21. The Morgan fingerprint density at radius 3 is 2.58 bits per heavy atom. The second kappa shape index (κ2) is 10.4. The van der Waals surface area contributed by atoms with E-state index in [1.54, 1.807) is 7.11 Å². The van der Waals surface area contributed by atoms with Crippen molar-refractivity contribution in [2.75, 3.05) is 40.0 Å². The summed E-state index contributed by atoms with van der Waals surface area (Å²) >= 11 is 3.47. The van der Waals surface area contributed by atoms with Crippen molar-refractivity contribution in [2.45, 2.75) is 19.3 Å². The standard InChI is InChI=1S/C15H24BrNO2/c1-3-19-10-8-14(12-17-9-11-18-2)13-4-6-15(16)7-5-13/h4-7,14,17H,3,8-12H2,1-2H3. The lowest BCUT2D eigenvalue weighted by Crippen LogP contribution is -2.25. The van der Waals surface area contributed by atoms with E-state index in [0.717, 1.165) is 43.8 Å². The van der Waals surface area contributed by atoms with Crippen LogP contribution >= 0.6 is 15.9 Å². The van der Waals surface area contributed by atoms with Crippen molar-refractivity contribution >= 4 is 15.9 Å². The van der Waals surface area contributed by atoms with Gasteiger partial charge >= 0.3 is 0 Å². The molecule has 0 aliphatic heterocycles. The Hall–Kier alpha value is -0.420. The third-order valence-corrected chi connectivity index (χ3v) is 3.56. The number of rotatable bonds is 10. The summed E-state index contributed by atoms with van der Waals surface area (Å²) in [5.74, 6) is 0.483. The minimum atomic E-state index is 0.483. The molecule has 3 nitrogen and oxygen atoms in total. The fourth-order valence-corrected chi connectivity index (χ4v) is 2.21. The summed E-state index contributed by atoms with van der Waals surface area (Å²) < 4.78 is 11.6. The molecule has 108 valence electrons. The number of halogens is 1. The van der Waals surface area contributed by atoms with Crippen molar-refractivity contribution in [2.24, 2.45) is 0 Å². The van der Waals surface area contributed by atoms with Crippen LogP contribution in [0.1, 0.15) is 24.8 Å². The fourth-order valence-electron chi connectivity index (χ4n) is 1.94. The minimum Gasteiger partial charge on any atom is -0.383 e. The Labute approximate surface area is 124 Å². The van der Waals surface area contributed by atoms with Gasteiger partial charge in [0.25, 0.3) is 0 Å². The first-order valence-electron chi connectivity index (χ1n) is 6.80. The van der Waals surface area contributed by atoms with Crippen LogP contribution in [0.3, 0.4) is 0 Å². The summed E-state index contributed by atoms with van der Waals surface area (Å²) in [6, 6.07) is 8.55. The fraction of sp³-hybridized carbons (Fsp3) is 0.600. The zero-order valence-electron chi connectivity index (χ0n) is 11.8. The smallest absolute Gasteiger partial charge is 0.0587 e. The lowest BCUT2D eigenvalue weighted by Gasteiger charge is -2.18. The maximum absolute atomic E-state index is 5.47. The zero-order chi connectivity index (χ0) is 13.9.